The molecular formula is C16H20N2O2. The third kappa shape index (κ3) is 3.70. The van der Waals surface area contributed by atoms with Gasteiger partial charge in [-0.3, -0.25) is 9.48 Å². The zero-order chi connectivity index (χ0) is 14.5. The van der Waals surface area contributed by atoms with Gasteiger partial charge in [0.2, 0.25) is 0 Å². The van der Waals surface area contributed by atoms with Crippen LogP contribution < -0.4 is 4.74 Å². The smallest absolute Gasteiger partial charge is 0.143 e. The summed E-state index contributed by atoms with van der Waals surface area (Å²) in [6.07, 6.45) is 2.70. The molecular weight excluding hydrogens is 252 g/mol. The van der Waals surface area contributed by atoms with Crippen LogP contribution in [-0.2, 0) is 17.6 Å². The molecule has 2 aromatic rings. The first-order chi connectivity index (χ1) is 9.58. The quantitative estimate of drug-likeness (QED) is 0.812. The lowest BCUT2D eigenvalue weighted by molar-refractivity contribution is -0.117. The van der Waals surface area contributed by atoms with Crippen molar-refractivity contribution >= 4 is 5.78 Å². The molecule has 0 saturated carbocycles. The number of nitrogens with zero attached hydrogens (tertiary/aromatic N) is 2. The van der Waals surface area contributed by atoms with Crippen LogP contribution in [0.25, 0.3) is 0 Å². The van der Waals surface area contributed by atoms with Crippen molar-refractivity contribution in [2.75, 3.05) is 7.11 Å². The molecule has 4 nitrogen and oxygen atoms in total. The summed E-state index contributed by atoms with van der Waals surface area (Å²) in [7, 11) is 1.62. The highest BCUT2D eigenvalue weighted by Gasteiger charge is 2.09. The second kappa shape index (κ2) is 6.37. The van der Waals surface area contributed by atoms with E-state index in [2.05, 4.69) is 18.9 Å². The minimum Gasteiger partial charge on any atom is -0.497 e. The lowest BCUT2D eigenvalue weighted by Crippen LogP contribution is -2.08. The van der Waals surface area contributed by atoms with Crippen molar-refractivity contribution in [2.24, 2.45) is 0 Å². The maximum atomic E-state index is 12.1. The Balaban J connectivity index is 1.97. The van der Waals surface area contributed by atoms with Gasteiger partial charge in [0.1, 0.15) is 11.5 Å². The summed E-state index contributed by atoms with van der Waals surface area (Å²) in [6.45, 7) is 4.13. The molecule has 1 aromatic heterocycles. The Hall–Kier alpha value is -2.10. The lowest BCUT2D eigenvalue weighted by Gasteiger charge is -2.04. The Morgan fingerprint density at radius 1 is 1.30 bits per heavy atom. The van der Waals surface area contributed by atoms with Gasteiger partial charge in [-0.15, -0.1) is 0 Å². The number of hydrogen-bond acceptors (Lipinski definition) is 3. The number of carbonyl (C=O) groups is 1. The molecule has 0 saturated heterocycles. The van der Waals surface area contributed by atoms with Crippen LogP contribution in [0.15, 0.2) is 36.5 Å². The van der Waals surface area contributed by atoms with E-state index >= 15 is 0 Å². The normalized spacial score (nSPS) is 10.8. The number of benzene rings is 1. The van der Waals surface area contributed by atoms with E-state index in [-0.39, 0.29) is 5.78 Å². The summed E-state index contributed by atoms with van der Waals surface area (Å²) in [5.41, 5.74) is 1.80. The molecule has 0 N–H and O–H groups in total. The molecule has 0 aliphatic carbocycles. The summed E-state index contributed by atoms with van der Waals surface area (Å²) < 4.78 is 7.03. The summed E-state index contributed by atoms with van der Waals surface area (Å²) in [4.78, 5) is 12.1. The maximum Gasteiger partial charge on any atom is 0.143 e. The molecule has 20 heavy (non-hydrogen) atoms. The van der Waals surface area contributed by atoms with Crippen LogP contribution in [0.4, 0.5) is 0 Å². The summed E-state index contributed by atoms with van der Waals surface area (Å²) in [5, 5.41) is 4.40. The minimum absolute atomic E-state index is 0.159. The lowest BCUT2D eigenvalue weighted by atomic mass is 10.1. The second-order valence-corrected chi connectivity index (χ2v) is 5.12. The first-order valence-electron chi connectivity index (χ1n) is 6.77. The van der Waals surface area contributed by atoms with E-state index in [1.807, 2.05) is 41.2 Å². The fourth-order valence-corrected chi connectivity index (χ4v) is 2.03. The molecule has 0 amide bonds. The highest BCUT2D eigenvalue weighted by atomic mass is 16.5. The van der Waals surface area contributed by atoms with Crippen LogP contribution in [0.2, 0.25) is 0 Å². The number of Topliss-reactive ketones (excluding diaryl/α,β-unsaturated/α-hetero) is 1. The molecule has 0 unspecified atom stereocenters. The van der Waals surface area contributed by atoms with Gasteiger partial charge in [-0.25, -0.2) is 0 Å². The third-order valence-corrected chi connectivity index (χ3v) is 3.11. The number of carbonyl (C=O) groups excluding carboxylic acids is 1. The molecule has 0 aliphatic heterocycles. The van der Waals surface area contributed by atoms with E-state index in [0.29, 0.717) is 18.9 Å². The van der Waals surface area contributed by atoms with E-state index in [1.54, 1.807) is 7.11 Å². The molecule has 1 heterocycles. The van der Waals surface area contributed by atoms with Crippen molar-refractivity contribution in [3.8, 4) is 5.75 Å². The molecule has 0 aliphatic rings. The summed E-state index contributed by atoms with van der Waals surface area (Å²) >= 11 is 0. The van der Waals surface area contributed by atoms with E-state index in [9.17, 15) is 4.79 Å². The van der Waals surface area contributed by atoms with Crippen LogP contribution in [0.1, 0.15) is 31.1 Å². The predicted molar refractivity (Wildman–Crippen MR) is 78.0 cm³/mol. The van der Waals surface area contributed by atoms with Gasteiger partial charge in [-0.1, -0.05) is 12.1 Å². The molecule has 0 spiro atoms. The van der Waals surface area contributed by atoms with Crippen LogP contribution in [0.5, 0.6) is 5.75 Å². The first kappa shape index (κ1) is 14.3. The molecule has 1 aromatic carbocycles. The average molecular weight is 272 g/mol. The van der Waals surface area contributed by atoms with Crippen molar-refractivity contribution in [1.82, 2.24) is 9.78 Å². The van der Waals surface area contributed by atoms with Gasteiger partial charge in [0.25, 0.3) is 0 Å². The van der Waals surface area contributed by atoms with Gasteiger partial charge in [0.15, 0.2) is 0 Å². The zero-order valence-electron chi connectivity index (χ0n) is 12.2. The van der Waals surface area contributed by atoms with Crippen LogP contribution in [0, 0.1) is 0 Å². The van der Waals surface area contributed by atoms with Gasteiger partial charge in [0.05, 0.1) is 19.2 Å². The Morgan fingerprint density at radius 3 is 2.75 bits per heavy atom. The molecule has 0 bridgehead atoms. The minimum atomic E-state index is 0.159. The van der Waals surface area contributed by atoms with Crippen molar-refractivity contribution in [2.45, 2.75) is 32.7 Å². The summed E-state index contributed by atoms with van der Waals surface area (Å²) in [6, 6.07) is 9.83. The summed E-state index contributed by atoms with van der Waals surface area (Å²) in [5.74, 6) is 0.937. The monoisotopic (exact) mass is 272 g/mol. The topological polar surface area (TPSA) is 44.1 Å². The van der Waals surface area contributed by atoms with Crippen LogP contribution in [-0.4, -0.2) is 22.7 Å². The molecule has 4 heteroatoms. The Kier molecular flexibility index (Phi) is 4.56. The standard InChI is InChI=1S/C16H20N2O2/c1-12(2)18-8-7-14(17-18)11-15(19)9-13-5-4-6-16(10-13)20-3/h4-8,10,12H,9,11H2,1-3H3. The van der Waals surface area contributed by atoms with E-state index in [0.717, 1.165) is 17.0 Å². The number of ketones is 1. The van der Waals surface area contributed by atoms with Crippen molar-refractivity contribution in [3.63, 3.8) is 0 Å². The highest BCUT2D eigenvalue weighted by Crippen LogP contribution is 2.14. The predicted octanol–water partition coefficient (Wildman–Crippen LogP) is 2.83. The molecule has 2 rings (SSSR count). The van der Waals surface area contributed by atoms with Gasteiger partial charge in [-0.2, -0.15) is 5.10 Å². The second-order valence-electron chi connectivity index (χ2n) is 5.12. The van der Waals surface area contributed by atoms with E-state index in [1.165, 1.54) is 0 Å². The van der Waals surface area contributed by atoms with Crippen molar-refractivity contribution in [1.29, 1.82) is 0 Å². The van der Waals surface area contributed by atoms with Crippen molar-refractivity contribution in [3.05, 3.63) is 47.8 Å². The number of hydrogen-bond donors (Lipinski definition) is 0. The maximum absolute atomic E-state index is 12.1. The number of ether oxygens (including phenoxy) is 1. The highest BCUT2D eigenvalue weighted by molar-refractivity contribution is 5.82. The average Bonchev–Trinajstić information content (AvgIpc) is 2.87. The molecule has 0 fully saturated rings. The van der Waals surface area contributed by atoms with E-state index < -0.39 is 0 Å². The van der Waals surface area contributed by atoms with Crippen molar-refractivity contribution < 1.29 is 9.53 Å². The van der Waals surface area contributed by atoms with Gasteiger partial charge < -0.3 is 4.74 Å². The fraction of sp³-hybridized carbons (Fsp3) is 0.375. The van der Waals surface area contributed by atoms with Crippen LogP contribution >= 0.6 is 0 Å². The molecule has 106 valence electrons. The first-order valence-corrected chi connectivity index (χ1v) is 6.77. The Bertz CT molecular complexity index is 588. The molecule has 0 atom stereocenters. The SMILES string of the molecule is COc1cccc(CC(=O)Cc2ccn(C(C)C)n2)c1. The number of rotatable bonds is 6. The molecule has 0 radical (unpaired) electrons. The number of aromatic nitrogens is 2. The van der Waals surface area contributed by atoms with E-state index in [4.69, 9.17) is 4.74 Å². The van der Waals surface area contributed by atoms with Gasteiger partial charge in [-0.05, 0) is 37.6 Å². The Morgan fingerprint density at radius 2 is 2.10 bits per heavy atom. The number of methoxy groups -OCH3 is 1. The third-order valence-electron chi connectivity index (χ3n) is 3.11. The van der Waals surface area contributed by atoms with Gasteiger partial charge >= 0.3 is 0 Å². The fourth-order valence-electron chi connectivity index (χ4n) is 2.03. The zero-order valence-corrected chi connectivity index (χ0v) is 12.2. The Labute approximate surface area is 119 Å². The largest absolute Gasteiger partial charge is 0.497 e. The van der Waals surface area contributed by atoms with Gasteiger partial charge in [0, 0.05) is 18.7 Å². The van der Waals surface area contributed by atoms with Crippen LogP contribution in [0.3, 0.4) is 0 Å².